The molecule has 0 fully saturated rings. The predicted molar refractivity (Wildman–Crippen MR) is 135 cm³/mol. The second-order valence-corrected chi connectivity index (χ2v) is 8.41. The zero-order chi connectivity index (χ0) is 23.1. The van der Waals surface area contributed by atoms with Crippen LogP contribution in [-0.4, -0.2) is 16.5 Å². The monoisotopic (exact) mass is 424 g/mol. The second-order valence-electron chi connectivity index (χ2n) is 8.41. The fourth-order valence-corrected chi connectivity index (χ4v) is 3.76. The van der Waals surface area contributed by atoms with Gasteiger partial charge in [-0.2, -0.15) is 0 Å². The van der Waals surface area contributed by atoms with Crippen LogP contribution in [0.4, 0.5) is 0 Å². The number of rotatable bonds is 8. The standard InChI is InChI=1S/C29H32N2O/c1-6-7-14-28(24-11-10-17-30-19-24)31-22(5)25-16-15-23(18-21(25)4)26-12-8-9-13-27(26)29(32)20(2)3/h8-20H,6-7H2,1-5H3/b28-14+,31-22?. The number of ketones is 1. The fraction of sp³-hybridized carbons (Fsp3) is 0.276. The molecule has 0 bridgehead atoms. The normalized spacial score (nSPS) is 12.3. The van der Waals surface area contributed by atoms with E-state index in [4.69, 9.17) is 4.99 Å². The highest BCUT2D eigenvalue weighted by molar-refractivity contribution is 6.05. The number of pyridine rings is 1. The number of hydrogen-bond acceptors (Lipinski definition) is 3. The Balaban J connectivity index is 1.99. The minimum Gasteiger partial charge on any atom is -0.294 e. The van der Waals surface area contributed by atoms with Crippen molar-refractivity contribution in [2.45, 2.75) is 47.5 Å². The maximum atomic E-state index is 12.7. The molecule has 1 aromatic heterocycles. The van der Waals surface area contributed by atoms with Gasteiger partial charge in [-0.05, 0) is 54.7 Å². The molecule has 0 aliphatic carbocycles. The highest BCUT2D eigenvalue weighted by atomic mass is 16.1. The summed E-state index contributed by atoms with van der Waals surface area (Å²) in [5.41, 5.74) is 7.99. The van der Waals surface area contributed by atoms with Crippen molar-refractivity contribution in [2.24, 2.45) is 10.9 Å². The Kier molecular flexibility index (Phi) is 7.88. The van der Waals surface area contributed by atoms with Crippen LogP contribution in [0.15, 0.2) is 78.1 Å². The number of aryl methyl sites for hydroxylation is 1. The molecule has 3 rings (SSSR count). The van der Waals surface area contributed by atoms with Gasteiger partial charge in [0, 0.05) is 35.2 Å². The zero-order valence-electron chi connectivity index (χ0n) is 19.7. The molecule has 0 saturated carbocycles. The molecule has 0 amide bonds. The number of aromatic nitrogens is 1. The molecule has 0 unspecified atom stereocenters. The van der Waals surface area contributed by atoms with Crippen LogP contribution in [0.5, 0.6) is 0 Å². The van der Waals surface area contributed by atoms with Gasteiger partial charge in [0.1, 0.15) is 0 Å². The van der Waals surface area contributed by atoms with Crippen LogP contribution in [-0.2, 0) is 0 Å². The third-order valence-electron chi connectivity index (χ3n) is 5.52. The van der Waals surface area contributed by atoms with Gasteiger partial charge in [-0.1, -0.05) is 75.7 Å². The number of carbonyl (C=O) groups is 1. The van der Waals surface area contributed by atoms with Crippen molar-refractivity contribution in [3.63, 3.8) is 0 Å². The molecule has 32 heavy (non-hydrogen) atoms. The van der Waals surface area contributed by atoms with Crippen molar-refractivity contribution in [3.8, 4) is 11.1 Å². The van der Waals surface area contributed by atoms with Gasteiger partial charge < -0.3 is 0 Å². The van der Waals surface area contributed by atoms with E-state index in [0.29, 0.717) is 0 Å². The molecule has 2 aromatic carbocycles. The van der Waals surface area contributed by atoms with Crippen LogP contribution in [0.1, 0.15) is 67.6 Å². The smallest absolute Gasteiger partial charge is 0.166 e. The number of nitrogens with zero attached hydrogens (tertiary/aromatic N) is 2. The van der Waals surface area contributed by atoms with E-state index in [2.05, 4.69) is 43.1 Å². The number of benzene rings is 2. The summed E-state index contributed by atoms with van der Waals surface area (Å²) in [6, 6.07) is 18.2. The van der Waals surface area contributed by atoms with Crippen molar-refractivity contribution in [2.75, 3.05) is 0 Å². The molecule has 0 radical (unpaired) electrons. The van der Waals surface area contributed by atoms with Gasteiger partial charge in [0.25, 0.3) is 0 Å². The molecule has 164 valence electrons. The van der Waals surface area contributed by atoms with E-state index >= 15 is 0 Å². The van der Waals surface area contributed by atoms with E-state index in [1.165, 1.54) is 0 Å². The molecule has 3 heteroatoms. The Bertz CT molecular complexity index is 1140. The minimum atomic E-state index is -0.0355. The molecule has 1 heterocycles. The fourth-order valence-electron chi connectivity index (χ4n) is 3.76. The van der Waals surface area contributed by atoms with Gasteiger partial charge in [0.05, 0.1) is 5.70 Å². The summed E-state index contributed by atoms with van der Waals surface area (Å²) in [4.78, 5) is 21.9. The molecule has 0 aliphatic rings. The summed E-state index contributed by atoms with van der Waals surface area (Å²) in [6.07, 6.45) is 7.86. The maximum Gasteiger partial charge on any atom is 0.166 e. The molecule has 3 nitrogen and oxygen atoms in total. The molecular weight excluding hydrogens is 392 g/mol. The molecular formula is C29H32N2O. The van der Waals surface area contributed by atoms with Gasteiger partial charge in [0.2, 0.25) is 0 Å². The third-order valence-corrected chi connectivity index (χ3v) is 5.52. The van der Waals surface area contributed by atoms with E-state index in [0.717, 1.165) is 57.6 Å². The van der Waals surface area contributed by atoms with E-state index < -0.39 is 0 Å². The lowest BCUT2D eigenvalue weighted by Crippen LogP contribution is -2.09. The third kappa shape index (κ3) is 5.47. The highest BCUT2D eigenvalue weighted by Gasteiger charge is 2.16. The van der Waals surface area contributed by atoms with Crippen LogP contribution >= 0.6 is 0 Å². The summed E-state index contributed by atoms with van der Waals surface area (Å²) in [7, 11) is 0. The summed E-state index contributed by atoms with van der Waals surface area (Å²) in [5, 5.41) is 0. The van der Waals surface area contributed by atoms with E-state index in [1.54, 1.807) is 6.20 Å². The van der Waals surface area contributed by atoms with Crippen molar-refractivity contribution >= 4 is 17.2 Å². The zero-order valence-corrected chi connectivity index (χ0v) is 19.7. The molecule has 0 spiro atoms. The lowest BCUT2D eigenvalue weighted by molar-refractivity contribution is 0.0940. The number of hydrogen-bond donors (Lipinski definition) is 0. The number of carbonyl (C=O) groups excluding carboxylic acids is 1. The average molecular weight is 425 g/mol. The first kappa shape index (κ1) is 23.3. The van der Waals surface area contributed by atoms with Crippen LogP contribution in [0, 0.1) is 12.8 Å². The molecule has 3 aromatic rings. The average Bonchev–Trinajstić information content (AvgIpc) is 2.81. The van der Waals surface area contributed by atoms with Crippen molar-refractivity contribution < 1.29 is 4.79 Å². The summed E-state index contributed by atoms with van der Waals surface area (Å²) in [6.45, 7) is 10.2. The van der Waals surface area contributed by atoms with Gasteiger partial charge in [-0.3, -0.25) is 14.8 Å². The first-order valence-electron chi connectivity index (χ1n) is 11.3. The number of allylic oxidation sites excluding steroid dienone is 1. The number of aliphatic imine (C=N–C) groups is 1. The number of Topliss-reactive ketones (excluding diaryl/α,β-unsaturated/α-hetero) is 1. The molecule has 0 aliphatic heterocycles. The molecule has 0 atom stereocenters. The lowest BCUT2D eigenvalue weighted by Gasteiger charge is -2.14. The summed E-state index contributed by atoms with van der Waals surface area (Å²) >= 11 is 0. The van der Waals surface area contributed by atoms with Gasteiger partial charge >= 0.3 is 0 Å². The first-order valence-corrected chi connectivity index (χ1v) is 11.3. The Morgan fingerprint density at radius 1 is 1.06 bits per heavy atom. The number of unbranched alkanes of at least 4 members (excludes halogenated alkanes) is 1. The lowest BCUT2D eigenvalue weighted by atomic mass is 9.90. The van der Waals surface area contributed by atoms with Crippen molar-refractivity contribution in [3.05, 3.63) is 95.3 Å². The predicted octanol–water partition coefficient (Wildman–Crippen LogP) is 7.55. The van der Waals surface area contributed by atoms with Crippen LogP contribution in [0.25, 0.3) is 16.8 Å². The SMILES string of the molecule is CCC/C=C(/N=C(C)c1ccc(-c2ccccc2C(=O)C(C)C)cc1C)c1cccnc1. The largest absolute Gasteiger partial charge is 0.294 e. The Hall–Kier alpha value is -3.33. The van der Waals surface area contributed by atoms with Gasteiger partial charge in [0.15, 0.2) is 5.78 Å². The van der Waals surface area contributed by atoms with Crippen LogP contribution in [0.3, 0.4) is 0 Å². The highest BCUT2D eigenvalue weighted by Crippen LogP contribution is 2.28. The van der Waals surface area contributed by atoms with Crippen molar-refractivity contribution in [1.29, 1.82) is 0 Å². The van der Waals surface area contributed by atoms with E-state index in [1.807, 2.05) is 63.4 Å². The maximum absolute atomic E-state index is 12.7. The van der Waals surface area contributed by atoms with Gasteiger partial charge in [-0.25, -0.2) is 0 Å². The second kappa shape index (κ2) is 10.8. The van der Waals surface area contributed by atoms with Crippen LogP contribution in [0.2, 0.25) is 0 Å². The Labute approximate surface area is 192 Å². The van der Waals surface area contributed by atoms with Crippen molar-refractivity contribution in [1.82, 2.24) is 4.98 Å². The van der Waals surface area contributed by atoms with Gasteiger partial charge in [-0.15, -0.1) is 0 Å². The molecule has 0 N–H and O–H groups in total. The van der Waals surface area contributed by atoms with Crippen LogP contribution < -0.4 is 0 Å². The topological polar surface area (TPSA) is 42.3 Å². The summed E-state index contributed by atoms with van der Waals surface area (Å²) in [5.74, 6) is 0.133. The van der Waals surface area contributed by atoms with E-state index in [-0.39, 0.29) is 11.7 Å². The van der Waals surface area contributed by atoms with E-state index in [9.17, 15) is 4.79 Å². The first-order chi connectivity index (χ1) is 15.4. The summed E-state index contributed by atoms with van der Waals surface area (Å²) < 4.78 is 0. The quantitative estimate of drug-likeness (QED) is 0.277. The molecule has 0 saturated heterocycles. The Morgan fingerprint density at radius 3 is 2.50 bits per heavy atom. The minimum absolute atomic E-state index is 0.0355. The Morgan fingerprint density at radius 2 is 1.84 bits per heavy atom.